The van der Waals surface area contributed by atoms with Crippen molar-refractivity contribution in [1.82, 2.24) is 19.7 Å². The maximum atomic E-state index is 10.3. The van der Waals surface area contributed by atoms with Gasteiger partial charge in [0.1, 0.15) is 6.10 Å². The molecule has 0 amide bonds. The molecule has 0 saturated heterocycles. The van der Waals surface area contributed by atoms with Gasteiger partial charge in [-0.05, 0) is 18.2 Å². The number of aryl methyl sites for hydroxylation is 1. The summed E-state index contributed by atoms with van der Waals surface area (Å²) in [5.74, 6) is 0. The molecule has 5 nitrogen and oxygen atoms in total. The number of benzene rings is 1. The second-order valence-electron chi connectivity index (χ2n) is 4.07. The second kappa shape index (κ2) is 4.19. The van der Waals surface area contributed by atoms with Gasteiger partial charge in [-0.3, -0.25) is 9.67 Å². The van der Waals surface area contributed by atoms with E-state index in [2.05, 4.69) is 15.1 Å². The molecule has 0 aliphatic rings. The van der Waals surface area contributed by atoms with E-state index in [1.807, 2.05) is 24.3 Å². The average molecular weight is 240 g/mol. The van der Waals surface area contributed by atoms with Crippen LogP contribution < -0.4 is 0 Å². The Morgan fingerprint density at radius 2 is 1.94 bits per heavy atom. The quantitative estimate of drug-likeness (QED) is 0.736. The molecule has 1 aromatic carbocycles. The Kier molecular flexibility index (Phi) is 2.53. The number of aliphatic hydroxyl groups is 1. The van der Waals surface area contributed by atoms with E-state index in [9.17, 15) is 5.11 Å². The van der Waals surface area contributed by atoms with Crippen molar-refractivity contribution in [3.8, 4) is 0 Å². The van der Waals surface area contributed by atoms with Crippen LogP contribution >= 0.6 is 0 Å². The Labute approximate surface area is 104 Å². The van der Waals surface area contributed by atoms with Gasteiger partial charge in [-0.1, -0.05) is 12.1 Å². The smallest absolute Gasteiger partial charge is 0.139 e. The van der Waals surface area contributed by atoms with Crippen LogP contribution in [0.2, 0.25) is 0 Å². The first-order chi connectivity index (χ1) is 8.75. The lowest BCUT2D eigenvalue weighted by atomic mass is 10.2. The van der Waals surface area contributed by atoms with Crippen LogP contribution in [0.3, 0.4) is 0 Å². The third kappa shape index (κ3) is 1.74. The number of rotatable bonds is 2. The summed E-state index contributed by atoms with van der Waals surface area (Å²) >= 11 is 0. The summed E-state index contributed by atoms with van der Waals surface area (Å²) in [4.78, 5) is 8.71. The van der Waals surface area contributed by atoms with E-state index in [1.54, 1.807) is 30.2 Å². The molecule has 18 heavy (non-hydrogen) atoms. The van der Waals surface area contributed by atoms with Gasteiger partial charge in [-0.25, -0.2) is 4.98 Å². The summed E-state index contributed by atoms with van der Waals surface area (Å²) in [6.45, 7) is 0. The van der Waals surface area contributed by atoms with Crippen LogP contribution in [0, 0.1) is 0 Å². The van der Waals surface area contributed by atoms with Crippen molar-refractivity contribution in [2.24, 2.45) is 7.05 Å². The second-order valence-corrected chi connectivity index (χ2v) is 4.07. The Hall–Kier alpha value is -2.27. The third-order valence-electron chi connectivity index (χ3n) is 2.89. The minimum atomic E-state index is -0.811. The first-order valence-electron chi connectivity index (χ1n) is 5.63. The van der Waals surface area contributed by atoms with Crippen LogP contribution in [0.5, 0.6) is 0 Å². The molecule has 5 heteroatoms. The van der Waals surface area contributed by atoms with Gasteiger partial charge in [0.05, 0.1) is 28.6 Å². The molecule has 1 unspecified atom stereocenters. The Balaban J connectivity index is 2.07. The largest absolute Gasteiger partial charge is 0.380 e. The molecule has 0 saturated carbocycles. The standard InChI is InChI=1S/C13H12N4O/c1-17-12(6-7-15-17)13(18)11-8-14-9-4-2-3-5-10(9)16-11/h2-8,13,18H,1H3. The van der Waals surface area contributed by atoms with Crippen molar-refractivity contribution < 1.29 is 5.11 Å². The van der Waals surface area contributed by atoms with Gasteiger partial charge in [-0.15, -0.1) is 0 Å². The summed E-state index contributed by atoms with van der Waals surface area (Å²) < 4.78 is 1.63. The minimum absolute atomic E-state index is 0.525. The molecule has 0 aliphatic carbocycles. The number of para-hydroxylation sites is 2. The molecule has 90 valence electrons. The first-order valence-corrected chi connectivity index (χ1v) is 5.63. The number of aromatic nitrogens is 4. The molecular weight excluding hydrogens is 228 g/mol. The van der Waals surface area contributed by atoms with Crippen molar-refractivity contribution in [3.05, 3.63) is 54.1 Å². The lowest BCUT2D eigenvalue weighted by Gasteiger charge is -2.10. The monoisotopic (exact) mass is 240 g/mol. The van der Waals surface area contributed by atoms with Gasteiger partial charge in [-0.2, -0.15) is 5.10 Å². The zero-order valence-corrected chi connectivity index (χ0v) is 9.85. The summed E-state index contributed by atoms with van der Waals surface area (Å²) in [6.07, 6.45) is 2.43. The predicted octanol–water partition coefficient (Wildman–Crippen LogP) is 1.44. The molecule has 0 spiro atoms. The fourth-order valence-corrected chi connectivity index (χ4v) is 1.91. The number of hydrogen-bond acceptors (Lipinski definition) is 4. The van der Waals surface area contributed by atoms with Gasteiger partial charge in [0.2, 0.25) is 0 Å². The van der Waals surface area contributed by atoms with E-state index in [0.29, 0.717) is 11.4 Å². The van der Waals surface area contributed by atoms with Gasteiger partial charge in [0.25, 0.3) is 0 Å². The molecule has 3 aromatic rings. The summed E-state index contributed by atoms with van der Waals surface area (Å²) in [5.41, 5.74) is 2.81. The molecule has 1 atom stereocenters. The lowest BCUT2D eigenvalue weighted by molar-refractivity contribution is 0.205. The van der Waals surface area contributed by atoms with E-state index in [1.165, 1.54) is 0 Å². The fraction of sp³-hybridized carbons (Fsp3) is 0.154. The minimum Gasteiger partial charge on any atom is -0.380 e. The fourth-order valence-electron chi connectivity index (χ4n) is 1.91. The molecule has 2 heterocycles. The maximum Gasteiger partial charge on any atom is 0.139 e. The number of nitrogens with zero attached hydrogens (tertiary/aromatic N) is 4. The maximum absolute atomic E-state index is 10.3. The number of hydrogen-bond donors (Lipinski definition) is 1. The van der Waals surface area contributed by atoms with Crippen LogP contribution in [-0.2, 0) is 7.05 Å². The number of fused-ring (bicyclic) bond motifs is 1. The highest BCUT2D eigenvalue weighted by molar-refractivity contribution is 5.73. The Morgan fingerprint density at radius 3 is 2.67 bits per heavy atom. The zero-order valence-electron chi connectivity index (χ0n) is 9.85. The Morgan fingerprint density at radius 1 is 1.17 bits per heavy atom. The molecule has 0 radical (unpaired) electrons. The predicted molar refractivity (Wildman–Crippen MR) is 66.8 cm³/mol. The average Bonchev–Trinajstić information content (AvgIpc) is 2.83. The highest BCUT2D eigenvalue weighted by Gasteiger charge is 2.16. The van der Waals surface area contributed by atoms with Crippen LogP contribution in [0.25, 0.3) is 11.0 Å². The molecule has 1 N–H and O–H groups in total. The van der Waals surface area contributed by atoms with Gasteiger partial charge >= 0.3 is 0 Å². The van der Waals surface area contributed by atoms with Crippen LogP contribution in [0.15, 0.2) is 42.7 Å². The molecule has 2 aromatic heterocycles. The van der Waals surface area contributed by atoms with Crippen LogP contribution in [-0.4, -0.2) is 24.9 Å². The van der Waals surface area contributed by atoms with Crippen molar-refractivity contribution in [3.63, 3.8) is 0 Å². The van der Waals surface area contributed by atoms with E-state index in [-0.39, 0.29) is 0 Å². The van der Waals surface area contributed by atoms with E-state index >= 15 is 0 Å². The van der Waals surface area contributed by atoms with Crippen LogP contribution in [0.1, 0.15) is 17.5 Å². The molecular formula is C13H12N4O. The normalized spacial score (nSPS) is 12.8. The summed E-state index contributed by atoms with van der Waals surface area (Å²) in [6, 6.07) is 9.34. The van der Waals surface area contributed by atoms with E-state index in [0.717, 1.165) is 11.0 Å². The molecule has 0 bridgehead atoms. The third-order valence-corrected chi connectivity index (χ3v) is 2.89. The van der Waals surface area contributed by atoms with Crippen molar-refractivity contribution in [2.45, 2.75) is 6.10 Å². The first kappa shape index (κ1) is 10.9. The van der Waals surface area contributed by atoms with Crippen molar-refractivity contribution in [2.75, 3.05) is 0 Å². The van der Waals surface area contributed by atoms with Gasteiger partial charge in [0.15, 0.2) is 0 Å². The zero-order chi connectivity index (χ0) is 12.5. The number of aliphatic hydroxyl groups excluding tert-OH is 1. The Bertz CT molecular complexity index is 692. The molecule has 3 rings (SSSR count). The molecule has 0 fully saturated rings. The van der Waals surface area contributed by atoms with Gasteiger partial charge < -0.3 is 5.11 Å². The molecule has 0 aliphatic heterocycles. The summed E-state index contributed by atoms with van der Waals surface area (Å²) in [7, 11) is 1.78. The van der Waals surface area contributed by atoms with E-state index < -0.39 is 6.10 Å². The van der Waals surface area contributed by atoms with Crippen molar-refractivity contribution >= 4 is 11.0 Å². The SMILES string of the molecule is Cn1nccc1C(O)c1cnc2ccccc2n1. The van der Waals surface area contributed by atoms with Crippen molar-refractivity contribution in [1.29, 1.82) is 0 Å². The van der Waals surface area contributed by atoms with Crippen LogP contribution in [0.4, 0.5) is 0 Å². The lowest BCUT2D eigenvalue weighted by Crippen LogP contribution is -2.08. The van der Waals surface area contributed by atoms with Gasteiger partial charge in [0, 0.05) is 13.2 Å². The van der Waals surface area contributed by atoms with E-state index in [4.69, 9.17) is 0 Å². The highest BCUT2D eigenvalue weighted by Crippen LogP contribution is 2.20. The topological polar surface area (TPSA) is 63.8 Å². The summed E-state index contributed by atoms with van der Waals surface area (Å²) in [5, 5.41) is 14.3. The highest BCUT2D eigenvalue weighted by atomic mass is 16.3.